The van der Waals surface area contributed by atoms with E-state index in [1.165, 1.54) is 0 Å². The molecule has 0 aromatic rings. The Hall–Kier alpha value is 0.150. The molecule has 0 amide bonds. The summed E-state index contributed by atoms with van der Waals surface area (Å²) in [6, 6.07) is 0. The Bertz CT molecular complexity index is 37.0. The zero-order chi connectivity index (χ0) is 3.58. The first-order valence-electron chi connectivity index (χ1n) is 0.632. The number of hydrogen-bond donors (Lipinski definition) is 3. The van der Waals surface area contributed by atoms with Crippen LogP contribution in [0.25, 0.3) is 0 Å². The monoisotopic (exact) mass is 136 g/mol. The fraction of sp³-hybridized carbons (Fsp3) is 0. The molecule has 0 aromatic carbocycles. The van der Waals surface area contributed by atoms with Gasteiger partial charge in [0.05, 0.1) is 0 Å². The minimum Gasteiger partial charge on any atom is -0.565 e. The Labute approximate surface area is 68.7 Å². The van der Waals surface area contributed by atoms with Crippen LogP contribution in [0.4, 0.5) is 4.79 Å². The summed E-state index contributed by atoms with van der Waals surface area (Å²) in [7, 11) is 0. The molecule has 0 saturated carbocycles. The van der Waals surface area contributed by atoms with Crippen LogP contribution >= 0.6 is 0 Å². The normalized spacial score (nSPS) is 3.00. The molecule has 0 spiro atoms. The zero-order valence-corrected chi connectivity index (χ0v) is 6.68. The van der Waals surface area contributed by atoms with Gasteiger partial charge in [-0.1, -0.05) is 0 Å². The minimum absolute atomic E-state index is 0. The van der Waals surface area contributed by atoms with Gasteiger partial charge in [0.2, 0.25) is 6.16 Å². The second kappa shape index (κ2) is 27.3. The molecule has 0 aliphatic heterocycles. The van der Waals surface area contributed by atoms with E-state index in [0.717, 1.165) is 0 Å². The van der Waals surface area contributed by atoms with Gasteiger partial charge in [0.1, 0.15) is 0 Å². The SMILES string of the molecule is N.N.O.O=C([O-])O.[Na+]. The molecule has 0 bridgehead atoms. The van der Waals surface area contributed by atoms with E-state index in [1.54, 1.807) is 0 Å². The summed E-state index contributed by atoms with van der Waals surface area (Å²) in [5.41, 5.74) is 0. The summed E-state index contributed by atoms with van der Waals surface area (Å²) < 4.78 is 0. The molecule has 6 nitrogen and oxygen atoms in total. The molecule has 0 unspecified atom stereocenters. The van der Waals surface area contributed by atoms with Gasteiger partial charge in [0.15, 0.2) is 0 Å². The maximum Gasteiger partial charge on any atom is 1.00 e. The van der Waals surface area contributed by atoms with E-state index in [1.807, 2.05) is 0 Å². The fourth-order valence-electron chi connectivity index (χ4n) is 0. The van der Waals surface area contributed by atoms with Crippen LogP contribution in [-0.2, 0) is 0 Å². The maximum absolute atomic E-state index is 8.44. The molecule has 0 aliphatic rings. The third-order valence-electron chi connectivity index (χ3n) is 0. The van der Waals surface area contributed by atoms with Crippen molar-refractivity contribution < 1.29 is 50.0 Å². The van der Waals surface area contributed by atoms with Gasteiger partial charge in [-0.2, -0.15) is 0 Å². The van der Waals surface area contributed by atoms with Crippen LogP contribution in [0.1, 0.15) is 0 Å². The summed E-state index contributed by atoms with van der Waals surface area (Å²) in [6.45, 7) is 0. The number of rotatable bonds is 0. The first-order chi connectivity index (χ1) is 1.73. The maximum atomic E-state index is 8.44. The molecule has 9 N–H and O–H groups in total. The Morgan fingerprint density at radius 1 is 1.38 bits per heavy atom. The van der Waals surface area contributed by atoms with Gasteiger partial charge < -0.3 is 32.8 Å². The van der Waals surface area contributed by atoms with Crippen LogP contribution in [-0.4, -0.2) is 16.7 Å². The standard InChI is InChI=1S/CH2O3.2H3N.Na.H2O/c2-1(3)4;;;;/h(H2,2,3,4);2*1H3;;1H2/q;;;+1;/p-1. The average Bonchev–Trinajstić information content (AvgIpc) is 0.811. The number of carbonyl (C=O) groups is 1. The van der Waals surface area contributed by atoms with Crippen molar-refractivity contribution in [1.82, 2.24) is 12.3 Å². The van der Waals surface area contributed by atoms with E-state index in [9.17, 15) is 0 Å². The largest absolute Gasteiger partial charge is 1.00 e. The first kappa shape index (κ1) is 42.0. The topological polar surface area (TPSA) is 162 Å². The van der Waals surface area contributed by atoms with Crippen LogP contribution in [0.3, 0.4) is 0 Å². The molecule has 0 rings (SSSR count). The summed E-state index contributed by atoms with van der Waals surface area (Å²) in [5, 5.41) is 15.3. The molecule has 0 heterocycles. The third kappa shape index (κ3) is 7250. The van der Waals surface area contributed by atoms with Gasteiger partial charge in [-0.25, -0.2) is 0 Å². The predicted molar refractivity (Wildman–Crippen MR) is 21.7 cm³/mol. The van der Waals surface area contributed by atoms with E-state index in [0.29, 0.717) is 0 Å². The molecule has 0 atom stereocenters. The van der Waals surface area contributed by atoms with Crippen molar-refractivity contribution in [2.75, 3.05) is 0 Å². The Balaban J connectivity index is -0.00000000750. The summed E-state index contributed by atoms with van der Waals surface area (Å²) in [4.78, 5) is 8.44. The van der Waals surface area contributed by atoms with Gasteiger partial charge in [-0.05, 0) is 0 Å². The van der Waals surface area contributed by atoms with Crippen molar-refractivity contribution in [2.45, 2.75) is 0 Å². The molecule has 0 fully saturated rings. The quantitative estimate of drug-likeness (QED) is 0.285. The summed E-state index contributed by atoms with van der Waals surface area (Å²) in [6.07, 6.45) is -2.08. The average molecular weight is 136 g/mol. The van der Waals surface area contributed by atoms with Crippen molar-refractivity contribution in [1.29, 1.82) is 0 Å². The molecule has 0 saturated heterocycles. The van der Waals surface area contributed by atoms with Crippen molar-refractivity contribution in [3.8, 4) is 0 Å². The smallest absolute Gasteiger partial charge is 0.565 e. The second-order valence-corrected chi connectivity index (χ2v) is 0.266. The van der Waals surface area contributed by atoms with Crippen LogP contribution in [0.5, 0.6) is 0 Å². The Kier molecular flexibility index (Phi) is 143. The predicted octanol–water partition coefficient (Wildman–Crippen LogP) is -4.61. The van der Waals surface area contributed by atoms with Gasteiger partial charge in [0.25, 0.3) is 0 Å². The minimum atomic E-state index is -2.08. The Morgan fingerprint density at radius 2 is 1.38 bits per heavy atom. The van der Waals surface area contributed by atoms with E-state index < -0.39 is 6.16 Å². The van der Waals surface area contributed by atoms with Gasteiger partial charge in [-0.3, -0.25) is 0 Å². The van der Waals surface area contributed by atoms with Crippen molar-refractivity contribution >= 4 is 6.16 Å². The zero-order valence-electron chi connectivity index (χ0n) is 4.68. The van der Waals surface area contributed by atoms with Gasteiger partial charge >= 0.3 is 29.6 Å². The van der Waals surface area contributed by atoms with Crippen molar-refractivity contribution in [2.24, 2.45) is 0 Å². The van der Waals surface area contributed by atoms with Crippen molar-refractivity contribution in [3.05, 3.63) is 0 Å². The molecule has 0 radical (unpaired) electrons. The molecule has 0 aliphatic carbocycles. The number of carboxylic acid groups (broad SMARTS) is 2. The molecular weight excluding hydrogens is 127 g/mol. The summed E-state index contributed by atoms with van der Waals surface area (Å²) in [5.74, 6) is 0. The molecule has 7 heteroatoms. The summed E-state index contributed by atoms with van der Waals surface area (Å²) >= 11 is 0. The van der Waals surface area contributed by atoms with Gasteiger partial charge in [0, 0.05) is 0 Å². The molecule has 8 heavy (non-hydrogen) atoms. The molecular formula is CH9N2NaO4. The fourth-order valence-corrected chi connectivity index (χ4v) is 0. The molecule has 0 aromatic heterocycles. The van der Waals surface area contributed by atoms with Crippen molar-refractivity contribution in [3.63, 3.8) is 0 Å². The second-order valence-electron chi connectivity index (χ2n) is 0.266. The van der Waals surface area contributed by atoms with Crippen LogP contribution in [0.2, 0.25) is 0 Å². The van der Waals surface area contributed by atoms with Crippen LogP contribution in [0.15, 0.2) is 0 Å². The first-order valence-corrected chi connectivity index (χ1v) is 0.632. The third-order valence-corrected chi connectivity index (χ3v) is 0. The van der Waals surface area contributed by atoms with E-state index in [4.69, 9.17) is 15.0 Å². The number of hydrogen-bond acceptors (Lipinski definition) is 4. The van der Waals surface area contributed by atoms with E-state index in [-0.39, 0.29) is 47.3 Å². The van der Waals surface area contributed by atoms with Crippen LogP contribution in [0, 0.1) is 0 Å². The Morgan fingerprint density at radius 3 is 1.38 bits per heavy atom. The van der Waals surface area contributed by atoms with E-state index in [2.05, 4.69) is 0 Å². The van der Waals surface area contributed by atoms with Gasteiger partial charge in [-0.15, -0.1) is 0 Å². The van der Waals surface area contributed by atoms with E-state index >= 15 is 0 Å². The molecule has 48 valence electrons. The van der Waals surface area contributed by atoms with Crippen LogP contribution < -0.4 is 47.0 Å².